The summed E-state index contributed by atoms with van der Waals surface area (Å²) in [7, 11) is 0. The Morgan fingerprint density at radius 3 is 2.75 bits per heavy atom. The highest BCUT2D eigenvalue weighted by Crippen LogP contribution is 2.14. The minimum atomic E-state index is 0.329. The van der Waals surface area contributed by atoms with Gasteiger partial charge in [-0.3, -0.25) is 0 Å². The van der Waals surface area contributed by atoms with E-state index in [4.69, 9.17) is 18.0 Å². The zero-order valence-electron chi connectivity index (χ0n) is 9.14. The van der Waals surface area contributed by atoms with Crippen LogP contribution >= 0.6 is 12.2 Å². The number of hydrogen-bond acceptors (Lipinski definition) is 3. The van der Waals surface area contributed by atoms with Crippen molar-refractivity contribution in [1.29, 1.82) is 0 Å². The topological polar surface area (TPSA) is 56.7 Å². The van der Waals surface area contributed by atoms with Gasteiger partial charge in [-0.1, -0.05) is 12.2 Å². The summed E-state index contributed by atoms with van der Waals surface area (Å²) < 4.78 is 1.75. The van der Waals surface area contributed by atoms with Gasteiger partial charge in [0.15, 0.2) is 5.82 Å². The van der Waals surface area contributed by atoms with Crippen molar-refractivity contribution < 1.29 is 0 Å². The Hall–Kier alpha value is -1.75. The number of rotatable bonds is 2. The van der Waals surface area contributed by atoms with E-state index in [0.29, 0.717) is 10.8 Å². The number of thiocarbonyl (C=S) groups is 1. The lowest BCUT2D eigenvalue weighted by Gasteiger charge is -2.08. The van der Waals surface area contributed by atoms with Gasteiger partial charge in [0.1, 0.15) is 4.99 Å². The first-order valence-corrected chi connectivity index (χ1v) is 5.29. The lowest BCUT2D eigenvalue weighted by molar-refractivity contribution is 0.804. The van der Waals surface area contributed by atoms with E-state index in [1.165, 1.54) is 0 Å². The van der Waals surface area contributed by atoms with Gasteiger partial charge in [-0.25, -0.2) is 9.67 Å². The summed E-state index contributed by atoms with van der Waals surface area (Å²) in [5, 5.41) is 4.36. The molecule has 0 saturated carbocycles. The van der Waals surface area contributed by atoms with Gasteiger partial charge < -0.3 is 5.73 Å². The molecule has 5 heteroatoms. The highest BCUT2D eigenvalue weighted by atomic mass is 32.1. The van der Waals surface area contributed by atoms with Crippen LogP contribution in [0.3, 0.4) is 0 Å². The molecule has 0 radical (unpaired) electrons. The maximum Gasteiger partial charge on any atom is 0.163 e. The van der Waals surface area contributed by atoms with E-state index in [2.05, 4.69) is 10.1 Å². The molecule has 2 rings (SSSR count). The monoisotopic (exact) mass is 232 g/mol. The van der Waals surface area contributed by atoms with Gasteiger partial charge in [0.2, 0.25) is 0 Å². The van der Waals surface area contributed by atoms with Gasteiger partial charge in [-0.2, -0.15) is 5.10 Å². The fourth-order valence-corrected chi connectivity index (χ4v) is 1.76. The molecule has 0 atom stereocenters. The molecule has 0 amide bonds. The van der Waals surface area contributed by atoms with Crippen LogP contribution in [0.5, 0.6) is 0 Å². The Bertz CT molecular complexity index is 545. The average molecular weight is 232 g/mol. The Morgan fingerprint density at radius 2 is 2.19 bits per heavy atom. The Labute approximate surface area is 99.1 Å². The van der Waals surface area contributed by atoms with Gasteiger partial charge >= 0.3 is 0 Å². The minimum Gasteiger partial charge on any atom is -0.389 e. The summed E-state index contributed by atoms with van der Waals surface area (Å²) >= 11 is 5.00. The van der Waals surface area contributed by atoms with E-state index in [-0.39, 0.29) is 0 Å². The van der Waals surface area contributed by atoms with E-state index in [1.54, 1.807) is 10.9 Å². The van der Waals surface area contributed by atoms with Crippen LogP contribution in [0.4, 0.5) is 0 Å². The fraction of sp³-hybridized carbons (Fsp3) is 0.182. The summed E-state index contributed by atoms with van der Waals surface area (Å²) in [5.41, 5.74) is 8.35. The van der Waals surface area contributed by atoms with Crippen LogP contribution in [0, 0.1) is 13.8 Å². The molecule has 16 heavy (non-hydrogen) atoms. The van der Waals surface area contributed by atoms with Crippen LogP contribution < -0.4 is 5.73 Å². The number of hydrogen-bond donors (Lipinski definition) is 1. The Morgan fingerprint density at radius 1 is 1.44 bits per heavy atom. The van der Waals surface area contributed by atoms with Crippen LogP contribution in [-0.4, -0.2) is 19.8 Å². The molecule has 0 aliphatic carbocycles. The van der Waals surface area contributed by atoms with E-state index in [0.717, 1.165) is 17.0 Å². The highest BCUT2D eigenvalue weighted by molar-refractivity contribution is 7.80. The highest BCUT2D eigenvalue weighted by Gasteiger charge is 2.11. The van der Waals surface area contributed by atoms with Gasteiger partial charge in [-0.05, 0) is 32.0 Å². The molecule has 0 bridgehead atoms. The largest absolute Gasteiger partial charge is 0.389 e. The summed E-state index contributed by atoms with van der Waals surface area (Å²) in [5.74, 6) is 0.681. The van der Waals surface area contributed by atoms with Gasteiger partial charge in [0, 0.05) is 11.9 Å². The van der Waals surface area contributed by atoms with Gasteiger partial charge in [0.05, 0.1) is 11.3 Å². The molecule has 2 heterocycles. The average Bonchev–Trinajstić information content (AvgIpc) is 2.57. The summed E-state index contributed by atoms with van der Waals surface area (Å²) in [4.78, 5) is 4.61. The van der Waals surface area contributed by atoms with Crippen LogP contribution in [0.15, 0.2) is 24.4 Å². The standard InChI is InChI=1S/C11H12N4S/c1-7-6-8(2)15(14-7)11-9(10(12)16)4-3-5-13-11/h3-6H,1-2H3,(H2,12,16). The Kier molecular flexibility index (Phi) is 2.70. The molecule has 2 N–H and O–H groups in total. The van der Waals surface area contributed by atoms with Crippen molar-refractivity contribution in [1.82, 2.24) is 14.8 Å². The smallest absolute Gasteiger partial charge is 0.163 e. The van der Waals surface area contributed by atoms with Crippen molar-refractivity contribution in [3.63, 3.8) is 0 Å². The van der Waals surface area contributed by atoms with Crippen molar-refractivity contribution in [2.75, 3.05) is 0 Å². The molecule has 0 aliphatic rings. The van der Waals surface area contributed by atoms with Gasteiger partial charge in [0.25, 0.3) is 0 Å². The summed E-state index contributed by atoms with van der Waals surface area (Å²) in [6, 6.07) is 5.64. The van der Waals surface area contributed by atoms with Gasteiger partial charge in [-0.15, -0.1) is 0 Å². The summed E-state index contributed by atoms with van der Waals surface area (Å²) in [6.45, 7) is 3.91. The third-order valence-corrected chi connectivity index (χ3v) is 2.48. The van der Waals surface area contributed by atoms with Crippen LogP contribution in [0.2, 0.25) is 0 Å². The molecular formula is C11H12N4S. The van der Waals surface area contributed by atoms with Crippen molar-refractivity contribution >= 4 is 17.2 Å². The SMILES string of the molecule is Cc1cc(C)n(-c2ncccc2C(N)=S)n1. The lowest BCUT2D eigenvalue weighted by Crippen LogP contribution is -2.15. The second kappa shape index (κ2) is 4.02. The number of nitrogens with two attached hydrogens (primary N) is 1. The zero-order chi connectivity index (χ0) is 11.7. The minimum absolute atomic E-state index is 0.329. The molecule has 82 valence electrons. The van der Waals surface area contributed by atoms with E-state index >= 15 is 0 Å². The second-order valence-electron chi connectivity index (χ2n) is 3.58. The first kappa shape index (κ1) is 10.8. The van der Waals surface area contributed by atoms with Crippen molar-refractivity contribution in [3.8, 4) is 5.82 Å². The number of aryl methyl sites for hydroxylation is 2. The predicted molar refractivity (Wildman–Crippen MR) is 66.7 cm³/mol. The first-order valence-electron chi connectivity index (χ1n) is 4.88. The number of pyridine rings is 1. The molecule has 0 unspecified atom stereocenters. The van der Waals surface area contributed by atoms with Crippen molar-refractivity contribution in [2.24, 2.45) is 5.73 Å². The van der Waals surface area contributed by atoms with E-state index in [1.807, 2.05) is 32.0 Å². The van der Waals surface area contributed by atoms with Crippen LogP contribution in [0.1, 0.15) is 17.0 Å². The second-order valence-corrected chi connectivity index (χ2v) is 4.02. The normalized spacial score (nSPS) is 10.4. The van der Waals surface area contributed by atoms with Crippen molar-refractivity contribution in [2.45, 2.75) is 13.8 Å². The van der Waals surface area contributed by atoms with Crippen molar-refractivity contribution in [3.05, 3.63) is 41.3 Å². The zero-order valence-corrected chi connectivity index (χ0v) is 9.95. The molecule has 0 saturated heterocycles. The molecule has 0 spiro atoms. The molecule has 4 nitrogen and oxygen atoms in total. The lowest BCUT2D eigenvalue weighted by atomic mass is 10.2. The van der Waals surface area contributed by atoms with Crippen LogP contribution in [0.25, 0.3) is 5.82 Å². The molecular weight excluding hydrogens is 220 g/mol. The summed E-state index contributed by atoms with van der Waals surface area (Å²) in [6.07, 6.45) is 1.70. The quantitative estimate of drug-likeness (QED) is 0.798. The third-order valence-electron chi connectivity index (χ3n) is 2.26. The molecule has 0 fully saturated rings. The first-order chi connectivity index (χ1) is 7.59. The third kappa shape index (κ3) is 1.81. The maximum absolute atomic E-state index is 5.66. The predicted octanol–water partition coefficient (Wildman–Crippen LogP) is 1.52. The Balaban J connectivity index is 2.64. The molecule has 2 aromatic heterocycles. The maximum atomic E-state index is 5.66. The molecule has 0 aliphatic heterocycles. The number of nitrogens with zero attached hydrogens (tertiary/aromatic N) is 3. The van der Waals surface area contributed by atoms with E-state index < -0.39 is 0 Å². The van der Waals surface area contributed by atoms with E-state index in [9.17, 15) is 0 Å². The number of aromatic nitrogens is 3. The molecule has 2 aromatic rings. The van der Waals surface area contributed by atoms with Crippen LogP contribution in [-0.2, 0) is 0 Å². The molecule has 0 aromatic carbocycles. The fourth-order valence-electron chi connectivity index (χ4n) is 1.60.